The van der Waals surface area contributed by atoms with Crippen LogP contribution in [-0.2, 0) is 6.54 Å². The van der Waals surface area contributed by atoms with E-state index in [0.29, 0.717) is 12.1 Å². The fourth-order valence-corrected chi connectivity index (χ4v) is 4.94. The molecule has 1 aliphatic heterocycles. The fourth-order valence-electron chi connectivity index (χ4n) is 4.94. The number of carbonyl (C=O) groups is 1. The van der Waals surface area contributed by atoms with Crippen LogP contribution in [0.15, 0.2) is 77.7 Å². The van der Waals surface area contributed by atoms with Crippen LogP contribution in [0.25, 0.3) is 0 Å². The van der Waals surface area contributed by atoms with E-state index < -0.39 is 0 Å². The summed E-state index contributed by atoms with van der Waals surface area (Å²) in [4.78, 5) is 20.9. The molecule has 0 aliphatic carbocycles. The van der Waals surface area contributed by atoms with Crippen LogP contribution in [0, 0.1) is 5.82 Å². The first-order valence-electron chi connectivity index (χ1n) is 12.0. The van der Waals surface area contributed by atoms with Gasteiger partial charge in [-0.2, -0.15) is 0 Å². The maximum absolute atomic E-state index is 13.7. The van der Waals surface area contributed by atoms with E-state index in [1.165, 1.54) is 13.0 Å². The van der Waals surface area contributed by atoms with E-state index in [9.17, 15) is 14.3 Å². The summed E-state index contributed by atoms with van der Waals surface area (Å²) < 4.78 is 13.7. The summed E-state index contributed by atoms with van der Waals surface area (Å²) in [5, 5.41) is 10.2. The average molecular weight is 469 g/mol. The van der Waals surface area contributed by atoms with E-state index in [-0.39, 0.29) is 35.6 Å². The summed E-state index contributed by atoms with van der Waals surface area (Å²) >= 11 is 0. The van der Waals surface area contributed by atoms with Crippen LogP contribution in [0.2, 0.25) is 0 Å². The summed E-state index contributed by atoms with van der Waals surface area (Å²) in [7, 11) is 1.72. The quantitative estimate of drug-likeness (QED) is 0.559. The number of rotatable bonds is 6. The van der Waals surface area contributed by atoms with Gasteiger partial charge in [-0.05, 0) is 17.7 Å². The molecule has 3 aromatic carbocycles. The van der Waals surface area contributed by atoms with Crippen LogP contribution in [0.1, 0.15) is 46.9 Å². The molecule has 0 spiro atoms. The van der Waals surface area contributed by atoms with Crippen molar-refractivity contribution in [3.05, 3.63) is 101 Å². The minimum atomic E-state index is -0.263. The number of nitrogens with zero attached hydrogens (tertiary/aromatic N) is 3. The number of hydrogen-bond acceptors (Lipinski definition) is 4. The molecular weight excluding hydrogens is 439 g/mol. The van der Waals surface area contributed by atoms with Gasteiger partial charge in [0.05, 0.1) is 0 Å². The molecule has 0 saturated carbocycles. The number of phenolic OH excluding ortho intramolecular Hbond substituents is 1. The zero-order valence-electron chi connectivity index (χ0n) is 20.4. The number of hydrogen-bond donors (Lipinski definition) is 1. The van der Waals surface area contributed by atoms with Crippen LogP contribution in [0.3, 0.4) is 0 Å². The van der Waals surface area contributed by atoms with Gasteiger partial charge in [0.25, 0.3) is 0 Å². The number of amides is 1. The molecule has 4 rings (SSSR count). The van der Waals surface area contributed by atoms with Crippen molar-refractivity contribution in [3.8, 4) is 5.75 Å². The summed E-state index contributed by atoms with van der Waals surface area (Å²) in [6, 6.07) is 22.1. The molecule has 35 heavy (non-hydrogen) atoms. The van der Waals surface area contributed by atoms with Gasteiger partial charge in [0.2, 0.25) is 0 Å². The van der Waals surface area contributed by atoms with Gasteiger partial charge >= 0.3 is 168 Å². The van der Waals surface area contributed by atoms with Crippen LogP contribution in [-0.4, -0.2) is 60.7 Å². The molecule has 0 aromatic heterocycles. The topological polar surface area (TPSA) is 56.1 Å². The van der Waals surface area contributed by atoms with Crippen LogP contribution in [0.5, 0.6) is 5.75 Å². The second kappa shape index (κ2) is 11.1. The Kier molecular flexibility index (Phi) is 7.93. The van der Waals surface area contributed by atoms with Gasteiger partial charge in [-0.25, -0.2) is 4.39 Å². The predicted octanol–water partition coefficient (Wildman–Crippen LogP) is 3.79. The van der Waals surface area contributed by atoms with Crippen LogP contribution >= 0.6 is 0 Å². The van der Waals surface area contributed by atoms with Crippen LogP contribution in [0.4, 0.5) is 4.39 Å². The van der Waals surface area contributed by atoms with Crippen molar-refractivity contribution in [2.24, 2.45) is 4.90 Å². The molecule has 0 radical (unpaired) electrons. The van der Waals surface area contributed by atoms with Gasteiger partial charge in [0, 0.05) is 0 Å². The molecule has 5 nitrogen and oxygen atoms in total. The SMILES string of the molecule is BB=NC(=O)c1ccc(C(c2cccc(O)c2)N2C[C@@H](C)N(Cc3cccc(F)c3)C[C@@H]2C)cc1. The molecular formula is C27H30B2FN3O2. The number of benzene rings is 3. The molecule has 3 aromatic rings. The third kappa shape index (κ3) is 5.95. The fraction of sp³-hybridized carbons (Fsp3) is 0.296. The van der Waals surface area contributed by atoms with Crippen molar-refractivity contribution < 1.29 is 14.3 Å². The van der Waals surface area contributed by atoms with E-state index in [0.717, 1.165) is 29.8 Å². The molecule has 1 unspecified atom stereocenters. The number of halogens is 1. The second-order valence-electron chi connectivity index (χ2n) is 9.27. The first-order chi connectivity index (χ1) is 16.9. The molecule has 0 bridgehead atoms. The van der Waals surface area contributed by atoms with Crippen molar-refractivity contribution >= 4 is 20.6 Å². The summed E-state index contributed by atoms with van der Waals surface area (Å²) in [5.41, 5.74) is 3.55. The minimum absolute atomic E-state index is 0.0882. The molecule has 1 N–H and O–H groups in total. The van der Waals surface area contributed by atoms with E-state index in [4.69, 9.17) is 0 Å². The van der Waals surface area contributed by atoms with E-state index in [2.05, 4.69) is 28.5 Å². The predicted molar refractivity (Wildman–Crippen MR) is 140 cm³/mol. The molecule has 178 valence electrons. The maximum atomic E-state index is 13.7. The summed E-state index contributed by atoms with van der Waals surface area (Å²) in [6.07, 6.45) is 0. The number of piperazine rings is 1. The zero-order valence-corrected chi connectivity index (χ0v) is 20.4. The monoisotopic (exact) mass is 469 g/mol. The Morgan fingerprint density at radius 3 is 2.49 bits per heavy atom. The number of carbonyl (C=O) groups excluding carboxylic acids is 1. The molecule has 1 fully saturated rings. The second-order valence-corrected chi connectivity index (χ2v) is 9.27. The Morgan fingerprint density at radius 2 is 1.80 bits per heavy atom. The normalized spacial score (nSPS) is 20.0. The van der Waals surface area contributed by atoms with Crippen molar-refractivity contribution in [2.45, 2.75) is 38.5 Å². The molecule has 3 atom stereocenters. The van der Waals surface area contributed by atoms with Gasteiger partial charge in [-0.15, -0.1) is 0 Å². The molecule has 1 amide bonds. The Labute approximate surface area is 207 Å². The Balaban J connectivity index is 1.62. The molecule has 1 aliphatic rings. The number of aromatic hydroxyl groups is 1. The van der Waals surface area contributed by atoms with Crippen molar-refractivity contribution in [3.63, 3.8) is 0 Å². The average Bonchev–Trinajstić information content (AvgIpc) is 2.83. The zero-order chi connectivity index (χ0) is 24.9. The Hall–Kier alpha value is -3.09. The van der Waals surface area contributed by atoms with Crippen molar-refractivity contribution in [1.29, 1.82) is 0 Å². The molecule has 1 heterocycles. The third-order valence-corrected chi connectivity index (χ3v) is 6.68. The van der Waals surface area contributed by atoms with Gasteiger partial charge in [0.15, 0.2) is 0 Å². The third-order valence-electron chi connectivity index (χ3n) is 6.68. The Bertz CT molecular complexity index is 1210. The first kappa shape index (κ1) is 25.0. The van der Waals surface area contributed by atoms with E-state index in [1.54, 1.807) is 25.9 Å². The van der Waals surface area contributed by atoms with Crippen molar-refractivity contribution in [1.82, 2.24) is 9.80 Å². The van der Waals surface area contributed by atoms with E-state index >= 15 is 0 Å². The molecule has 1 saturated heterocycles. The number of phenols is 1. The van der Waals surface area contributed by atoms with Gasteiger partial charge in [0.1, 0.15) is 5.82 Å². The van der Waals surface area contributed by atoms with Crippen molar-refractivity contribution in [2.75, 3.05) is 13.1 Å². The molecule has 8 heteroatoms. The standard InChI is InChI=1S/C27H30B2FN3O2/c1-18-16-33(19(2)15-32(18)17-20-5-3-7-24(30)13-20)26(23-6-4-8-25(34)14-23)21-9-11-22(12-10-21)27(35)31-29-28/h3-14,18-19,26,34H,15-17,28H2,1-2H3/t18-,19+,26?/m1/s1. The Morgan fingerprint density at radius 1 is 1.06 bits per heavy atom. The van der Waals surface area contributed by atoms with Crippen LogP contribution < -0.4 is 0 Å². The van der Waals surface area contributed by atoms with E-state index in [1.807, 2.05) is 48.5 Å². The first-order valence-corrected chi connectivity index (χ1v) is 12.0. The summed E-state index contributed by atoms with van der Waals surface area (Å²) in [5.74, 6) is -0.250. The van der Waals surface area contributed by atoms with Gasteiger partial charge in [-0.3, -0.25) is 0 Å². The van der Waals surface area contributed by atoms with Gasteiger partial charge < -0.3 is 0 Å². The summed E-state index contributed by atoms with van der Waals surface area (Å²) in [6.45, 7) is 8.23. The van der Waals surface area contributed by atoms with Gasteiger partial charge in [-0.1, -0.05) is 12.1 Å².